The van der Waals surface area contributed by atoms with Crippen LogP contribution in [-0.2, 0) is 16.1 Å². The van der Waals surface area contributed by atoms with Crippen LogP contribution < -0.4 is 5.32 Å². The average Bonchev–Trinajstić information content (AvgIpc) is 2.56. The molecular formula is C18H28N4O2. The molecule has 0 bridgehead atoms. The van der Waals surface area contributed by atoms with Gasteiger partial charge in [0.2, 0.25) is 11.8 Å². The third-order valence-electron chi connectivity index (χ3n) is 4.27. The van der Waals surface area contributed by atoms with Gasteiger partial charge in [-0.2, -0.15) is 0 Å². The quantitative estimate of drug-likeness (QED) is 0.817. The molecule has 0 aliphatic carbocycles. The number of hydrogen-bond acceptors (Lipinski definition) is 4. The lowest BCUT2D eigenvalue weighted by molar-refractivity contribution is -0.139. The number of carbonyl (C=O) groups excluding carboxylic acids is 2. The molecule has 1 atom stereocenters. The number of hydrogen-bond donors (Lipinski definition) is 1. The number of pyridine rings is 1. The molecule has 0 spiro atoms. The molecule has 6 heteroatoms. The summed E-state index contributed by atoms with van der Waals surface area (Å²) in [5.74, 6) is 0.452. The highest BCUT2D eigenvalue weighted by Gasteiger charge is 2.32. The summed E-state index contributed by atoms with van der Waals surface area (Å²) in [5.41, 5.74) is 1.05. The highest BCUT2D eigenvalue weighted by molar-refractivity contribution is 5.88. The number of nitrogens with one attached hydrogen (secondary N) is 1. The maximum atomic E-state index is 12.7. The molecule has 2 rings (SSSR count). The first-order valence-electron chi connectivity index (χ1n) is 8.69. The van der Waals surface area contributed by atoms with Crippen LogP contribution in [0.2, 0.25) is 0 Å². The molecule has 1 aliphatic rings. The summed E-state index contributed by atoms with van der Waals surface area (Å²) < 4.78 is 0. The van der Waals surface area contributed by atoms with E-state index in [9.17, 15) is 9.59 Å². The summed E-state index contributed by atoms with van der Waals surface area (Å²) in [6.45, 7) is 9.70. The average molecular weight is 332 g/mol. The number of carbonyl (C=O) groups is 2. The second-order valence-corrected chi connectivity index (χ2v) is 6.66. The van der Waals surface area contributed by atoms with Crippen molar-refractivity contribution < 1.29 is 9.59 Å². The molecule has 0 unspecified atom stereocenters. The predicted octanol–water partition coefficient (Wildman–Crippen LogP) is 1.28. The van der Waals surface area contributed by atoms with Gasteiger partial charge in [0, 0.05) is 45.1 Å². The van der Waals surface area contributed by atoms with E-state index in [2.05, 4.69) is 29.0 Å². The Kier molecular flexibility index (Phi) is 6.73. The molecule has 2 amide bonds. The number of rotatable bonds is 7. The minimum Gasteiger partial charge on any atom is -0.353 e. The summed E-state index contributed by atoms with van der Waals surface area (Å²) in [4.78, 5) is 32.9. The SMILES string of the molecule is CCN(Cc1ccncc1)C(=O)C[C@@H]1C(=O)NCCN1CC(C)C. The Labute approximate surface area is 144 Å². The molecular weight excluding hydrogens is 304 g/mol. The molecule has 1 N–H and O–H groups in total. The largest absolute Gasteiger partial charge is 0.353 e. The van der Waals surface area contributed by atoms with E-state index in [1.165, 1.54) is 0 Å². The second kappa shape index (κ2) is 8.78. The fraction of sp³-hybridized carbons (Fsp3) is 0.611. The number of amides is 2. The molecule has 6 nitrogen and oxygen atoms in total. The van der Waals surface area contributed by atoms with Crippen LogP contribution in [0.3, 0.4) is 0 Å². The van der Waals surface area contributed by atoms with Crippen LogP contribution in [0.25, 0.3) is 0 Å². The molecule has 0 radical (unpaired) electrons. The van der Waals surface area contributed by atoms with Gasteiger partial charge in [-0.1, -0.05) is 13.8 Å². The maximum absolute atomic E-state index is 12.7. The summed E-state index contributed by atoms with van der Waals surface area (Å²) in [7, 11) is 0. The van der Waals surface area contributed by atoms with E-state index in [0.29, 0.717) is 25.6 Å². The zero-order valence-corrected chi connectivity index (χ0v) is 14.9. The Morgan fingerprint density at radius 2 is 2.12 bits per heavy atom. The van der Waals surface area contributed by atoms with Crippen molar-refractivity contribution >= 4 is 11.8 Å². The van der Waals surface area contributed by atoms with Gasteiger partial charge in [-0.3, -0.25) is 19.5 Å². The summed E-state index contributed by atoms with van der Waals surface area (Å²) >= 11 is 0. The van der Waals surface area contributed by atoms with Gasteiger partial charge in [0.25, 0.3) is 0 Å². The van der Waals surface area contributed by atoms with E-state index in [4.69, 9.17) is 0 Å². The fourth-order valence-corrected chi connectivity index (χ4v) is 3.05. The minimum atomic E-state index is -0.361. The van der Waals surface area contributed by atoms with E-state index in [-0.39, 0.29) is 24.3 Å². The van der Waals surface area contributed by atoms with Crippen LogP contribution in [0.1, 0.15) is 32.8 Å². The summed E-state index contributed by atoms with van der Waals surface area (Å²) in [5, 5.41) is 2.89. The number of nitrogens with zero attached hydrogens (tertiary/aromatic N) is 3. The minimum absolute atomic E-state index is 0.0186. The number of piperazine rings is 1. The van der Waals surface area contributed by atoms with E-state index < -0.39 is 0 Å². The Bertz CT molecular complexity index is 547. The molecule has 132 valence electrons. The standard InChI is InChI=1S/C18H28N4O2/c1-4-21(13-15-5-7-19-8-6-15)17(23)11-16-18(24)20-9-10-22(16)12-14(2)3/h5-8,14,16H,4,9-13H2,1-3H3,(H,20,24)/t16-/m1/s1. The van der Waals surface area contributed by atoms with Gasteiger partial charge >= 0.3 is 0 Å². The lowest BCUT2D eigenvalue weighted by atomic mass is 10.1. The predicted molar refractivity (Wildman–Crippen MR) is 93.2 cm³/mol. The monoisotopic (exact) mass is 332 g/mol. The first-order chi connectivity index (χ1) is 11.5. The van der Waals surface area contributed by atoms with Gasteiger partial charge in [-0.05, 0) is 30.5 Å². The van der Waals surface area contributed by atoms with Gasteiger partial charge in [0.05, 0.1) is 12.5 Å². The smallest absolute Gasteiger partial charge is 0.237 e. The van der Waals surface area contributed by atoms with Crippen molar-refractivity contribution in [3.05, 3.63) is 30.1 Å². The molecule has 0 saturated carbocycles. The van der Waals surface area contributed by atoms with Crippen LogP contribution in [-0.4, -0.2) is 58.8 Å². The van der Waals surface area contributed by atoms with Crippen molar-refractivity contribution in [2.24, 2.45) is 5.92 Å². The zero-order chi connectivity index (χ0) is 17.5. The van der Waals surface area contributed by atoms with Crippen LogP contribution >= 0.6 is 0 Å². The van der Waals surface area contributed by atoms with Gasteiger partial charge in [0.15, 0.2) is 0 Å². The van der Waals surface area contributed by atoms with Crippen LogP contribution in [0.4, 0.5) is 0 Å². The molecule has 1 fully saturated rings. The summed E-state index contributed by atoms with van der Waals surface area (Å²) in [6, 6.07) is 3.46. The van der Waals surface area contributed by atoms with Crippen molar-refractivity contribution in [1.29, 1.82) is 0 Å². The Morgan fingerprint density at radius 1 is 1.42 bits per heavy atom. The molecule has 1 aromatic heterocycles. The van der Waals surface area contributed by atoms with Crippen molar-refractivity contribution in [3.63, 3.8) is 0 Å². The maximum Gasteiger partial charge on any atom is 0.237 e. The van der Waals surface area contributed by atoms with Crippen LogP contribution in [0, 0.1) is 5.92 Å². The highest BCUT2D eigenvalue weighted by Crippen LogP contribution is 2.14. The van der Waals surface area contributed by atoms with Crippen molar-refractivity contribution in [2.45, 2.75) is 39.8 Å². The van der Waals surface area contributed by atoms with Gasteiger partial charge in [-0.25, -0.2) is 0 Å². The fourth-order valence-electron chi connectivity index (χ4n) is 3.05. The topological polar surface area (TPSA) is 65.5 Å². The zero-order valence-electron chi connectivity index (χ0n) is 14.9. The van der Waals surface area contributed by atoms with Gasteiger partial charge in [0.1, 0.15) is 0 Å². The highest BCUT2D eigenvalue weighted by atomic mass is 16.2. The molecule has 24 heavy (non-hydrogen) atoms. The van der Waals surface area contributed by atoms with E-state index >= 15 is 0 Å². The van der Waals surface area contributed by atoms with Crippen molar-refractivity contribution in [3.8, 4) is 0 Å². The third-order valence-corrected chi connectivity index (χ3v) is 4.27. The molecule has 2 heterocycles. The normalized spacial score (nSPS) is 18.5. The van der Waals surface area contributed by atoms with Crippen LogP contribution in [0.5, 0.6) is 0 Å². The van der Waals surface area contributed by atoms with E-state index in [1.807, 2.05) is 19.1 Å². The number of aromatic nitrogens is 1. The Morgan fingerprint density at radius 3 is 2.75 bits per heavy atom. The molecule has 1 aromatic rings. The molecule has 0 aromatic carbocycles. The first kappa shape index (κ1) is 18.4. The summed E-state index contributed by atoms with van der Waals surface area (Å²) in [6.07, 6.45) is 3.69. The first-order valence-corrected chi connectivity index (χ1v) is 8.69. The molecule has 1 saturated heterocycles. The van der Waals surface area contributed by atoms with Gasteiger partial charge in [-0.15, -0.1) is 0 Å². The Balaban J connectivity index is 2.02. The van der Waals surface area contributed by atoms with E-state index in [0.717, 1.165) is 18.7 Å². The van der Waals surface area contributed by atoms with Crippen LogP contribution in [0.15, 0.2) is 24.5 Å². The van der Waals surface area contributed by atoms with Crippen molar-refractivity contribution in [1.82, 2.24) is 20.1 Å². The third kappa shape index (κ3) is 5.03. The van der Waals surface area contributed by atoms with E-state index in [1.54, 1.807) is 17.3 Å². The lowest BCUT2D eigenvalue weighted by Crippen LogP contribution is -2.57. The lowest BCUT2D eigenvalue weighted by Gasteiger charge is -2.36. The Hall–Kier alpha value is -1.95. The molecule has 1 aliphatic heterocycles. The van der Waals surface area contributed by atoms with Gasteiger partial charge < -0.3 is 10.2 Å². The second-order valence-electron chi connectivity index (χ2n) is 6.66. The van der Waals surface area contributed by atoms with Crippen molar-refractivity contribution in [2.75, 3.05) is 26.2 Å².